The van der Waals surface area contributed by atoms with Gasteiger partial charge < -0.3 is 14.4 Å². The van der Waals surface area contributed by atoms with E-state index in [4.69, 9.17) is 4.55 Å². The molecule has 48 heavy (non-hydrogen) atoms. The maximum absolute atomic E-state index is 11.2. The molecule has 0 saturated heterocycles. The van der Waals surface area contributed by atoms with Crippen LogP contribution in [0.2, 0.25) is 0 Å². The van der Waals surface area contributed by atoms with Crippen molar-refractivity contribution in [3.05, 3.63) is 120 Å². The van der Waals surface area contributed by atoms with Gasteiger partial charge in [0.25, 0.3) is 10.1 Å². The minimum Gasteiger partial charge on any atom is -0.748 e. The third-order valence-corrected chi connectivity index (χ3v) is 9.42. The number of hydrogen-bond donors (Lipinski definition) is 1. The van der Waals surface area contributed by atoms with Crippen molar-refractivity contribution in [1.82, 2.24) is 4.90 Å². The number of nitrogens with zero attached hydrogens (tertiary/aromatic N) is 3. The fraction of sp³-hybridized carbons (Fsp3) is 0.324. The molecular weight excluding hydrogens is 647 g/mol. The third-order valence-electron chi connectivity index (χ3n) is 7.83. The molecule has 1 N–H and O–H groups in total. The van der Waals surface area contributed by atoms with Gasteiger partial charge in [-0.15, -0.1) is 0 Å². The molecule has 258 valence electrons. The van der Waals surface area contributed by atoms with Crippen molar-refractivity contribution in [3.63, 3.8) is 0 Å². The van der Waals surface area contributed by atoms with E-state index in [2.05, 4.69) is 25.7 Å². The topological polar surface area (TPSA) is 122 Å². The largest absolute Gasteiger partial charge is 0.748 e. The number of aromatic nitrogens is 1. The highest BCUT2D eigenvalue weighted by Gasteiger charge is 2.17. The van der Waals surface area contributed by atoms with Gasteiger partial charge in [0.1, 0.15) is 0 Å². The van der Waals surface area contributed by atoms with Crippen LogP contribution in [-0.4, -0.2) is 68.5 Å². The van der Waals surface area contributed by atoms with Crippen molar-refractivity contribution in [3.8, 4) is 0 Å². The number of para-hydroxylation sites is 2. The Morgan fingerprint density at radius 2 is 1.46 bits per heavy atom. The molecule has 0 amide bonds. The van der Waals surface area contributed by atoms with Crippen LogP contribution >= 0.6 is 0 Å². The van der Waals surface area contributed by atoms with Gasteiger partial charge in [0, 0.05) is 53.7 Å². The van der Waals surface area contributed by atoms with Crippen molar-refractivity contribution in [2.75, 3.05) is 42.6 Å². The molecular formula is C37H47N3O6S2. The van der Waals surface area contributed by atoms with Crippen LogP contribution in [0.1, 0.15) is 44.9 Å². The van der Waals surface area contributed by atoms with E-state index in [-0.39, 0.29) is 18.6 Å². The summed E-state index contributed by atoms with van der Waals surface area (Å²) in [6.07, 6.45) is 17.8. The van der Waals surface area contributed by atoms with Gasteiger partial charge >= 0.3 is 0 Å². The first-order valence-corrected chi connectivity index (χ1v) is 19.4. The van der Waals surface area contributed by atoms with E-state index < -0.39 is 26.0 Å². The van der Waals surface area contributed by atoms with Crippen LogP contribution in [0.4, 0.5) is 5.69 Å². The number of aryl methyl sites for hydroxylation is 1. The summed E-state index contributed by atoms with van der Waals surface area (Å²) in [5.41, 5.74) is 4.74. The van der Waals surface area contributed by atoms with Gasteiger partial charge in [-0.25, -0.2) is 8.42 Å². The molecule has 0 unspecified atom stereocenters. The van der Waals surface area contributed by atoms with Crippen LogP contribution in [0.3, 0.4) is 0 Å². The first kappa shape index (κ1) is 38.6. The second-order valence-electron chi connectivity index (χ2n) is 11.1. The van der Waals surface area contributed by atoms with Crippen LogP contribution in [0.25, 0.3) is 23.1 Å². The maximum atomic E-state index is 11.2. The summed E-state index contributed by atoms with van der Waals surface area (Å²) in [6, 6.07) is 19.6. The molecule has 0 spiro atoms. The molecule has 0 atom stereocenters. The van der Waals surface area contributed by atoms with E-state index in [1.807, 2.05) is 125 Å². The highest BCUT2D eigenvalue weighted by atomic mass is 32.2. The van der Waals surface area contributed by atoms with Crippen molar-refractivity contribution in [1.29, 1.82) is 0 Å². The summed E-state index contributed by atoms with van der Waals surface area (Å²) < 4.78 is 66.8. The molecule has 0 fully saturated rings. The number of rotatable bonds is 15. The molecule has 1 aromatic heterocycles. The first-order valence-electron chi connectivity index (χ1n) is 16.2. The Morgan fingerprint density at radius 3 is 2.15 bits per heavy atom. The zero-order valence-electron chi connectivity index (χ0n) is 28.0. The smallest absolute Gasteiger partial charge is 0.264 e. The molecule has 1 aliphatic rings. The van der Waals surface area contributed by atoms with Crippen molar-refractivity contribution in [2.24, 2.45) is 0 Å². The summed E-state index contributed by atoms with van der Waals surface area (Å²) in [5.74, 6) is -0.714. The van der Waals surface area contributed by atoms with E-state index in [1.165, 1.54) is 19.6 Å². The lowest BCUT2D eigenvalue weighted by atomic mass is 10.1. The lowest BCUT2D eigenvalue weighted by molar-refractivity contribution is -0.673. The number of hydrogen-bond acceptors (Lipinski definition) is 7. The lowest BCUT2D eigenvalue weighted by Crippen LogP contribution is -2.38. The summed E-state index contributed by atoms with van der Waals surface area (Å²) in [6.45, 7) is 11.0. The minimum absolute atomic E-state index is 0.227. The van der Waals surface area contributed by atoms with Crippen molar-refractivity contribution < 1.29 is 30.5 Å². The standard InChI is InChI=1S/C31H32N2O6S2.C6H15N/c34-40(35,36)24-10-22-32-28(20-18-26-12-6-8-16-30(26)32)14-4-2-1-3-5-15-29-21-19-27-13-7-9-17-31(27)33(29)23-11-25-41(37,38)39;1-4-7(5-2)6-3/h1-9,12-21H,10-11,22-25H2,(H-,34,35,36,37,38,39);4-6H2,1-3H3. The fourth-order valence-electron chi connectivity index (χ4n) is 5.32. The molecule has 2 heterocycles. The molecule has 0 saturated carbocycles. The molecule has 9 nitrogen and oxygen atoms in total. The Balaban J connectivity index is 0.000000804. The molecule has 3 aromatic rings. The van der Waals surface area contributed by atoms with Gasteiger partial charge in [0.05, 0.1) is 15.9 Å². The van der Waals surface area contributed by atoms with E-state index in [0.717, 1.165) is 33.5 Å². The first-order chi connectivity index (χ1) is 23.0. The molecule has 0 bridgehead atoms. The number of allylic oxidation sites excluding steroid dienone is 7. The summed E-state index contributed by atoms with van der Waals surface area (Å²) in [7, 11) is -8.30. The van der Waals surface area contributed by atoms with Crippen LogP contribution in [-0.2, 0) is 26.8 Å². The quantitative estimate of drug-likeness (QED) is 0.113. The van der Waals surface area contributed by atoms with E-state index in [9.17, 15) is 21.4 Å². The van der Waals surface area contributed by atoms with E-state index in [1.54, 1.807) is 0 Å². The zero-order chi connectivity index (χ0) is 35.0. The number of anilines is 1. The Labute approximate surface area is 286 Å². The van der Waals surface area contributed by atoms with Crippen LogP contribution < -0.4 is 9.47 Å². The normalized spacial score (nSPS) is 14.5. The monoisotopic (exact) mass is 693 g/mol. The lowest BCUT2D eigenvalue weighted by Gasteiger charge is -2.30. The maximum Gasteiger partial charge on any atom is 0.264 e. The average molecular weight is 694 g/mol. The van der Waals surface area contributed by atoms with Gasteiger partial charge in [0.15, 0.2) is 6.54 Å². The van der Waals surface area contributed by atoms with Crippen molar-refractivity contribution >= 4 is 49.0 Å². The van der Waals surface area contributed by atoms with Crippen molar-refractivity contribution in [2.45, 2.75) is 40.2 Å². The Kier molecular flexibility index (Phi) is 15.4. The van der Waals surface area contributed by atoms with Gasteiger partial charge in [-0.2, -0.15) is 13.0 Å². The zero-order valence-corrected chi connectivity index (χ0v) is 29.6. The van der Waals surface area contributed by atoms with Crippen LogP contribution in [0, 0.1) is 0 Å². The fourth-order valence-corrected chi connectivity index (χ4v) is 6.30. The highest BCUT2D eigenvalue weighted by Crippen LogP contribution is 2.31. The second-order valence-corrected chi connectivity index (χ2v) is 14.2. The predicted octanol–water partition coefficient (Wildman–Crippen LogP) is 6.23. The summed E-state index contributed by atoms with van der Waals surface area (Å²) >= 11 is 0. The highest BCUT2D eigenvalue weighted by molar-refractivity contribution is 7.85. The number of fused-ring (bicyclic) bond motifs is 2. The SMILES string of the molecule is CCN(CC)CC.O=S(=O)([O-])CCC[n+]1c(/C=C/C=C/C=C/C=C2\C=Cc3ccccc3N2CCCS(=O)(=O)O)ccc2ccccc21. The van der Waals surface area contributed by atoms with Gasteiger partial charge in [-0.05, 0) is 62.0 Å². The Morgan fingerprint density at radius 1 is 0.792 bits per heavy atom. The third kappa shape index (κ3) is 13.0. The minimum atomic E-state index is -4.27. The van der Waals surface area contributed by atoms with Gasteiger partial charge in [-0.1, -0.05) is 87.6 Å². The molecule has 0 radical (unpaired) electrons. The molecule has 11 heteroatoms. The number of pyridine rings is 1. The van der Waals surface area contributed by atoms with Gasteiger partial charge in [0.2, 0.25) is 11.2 Å². The number of benzene rings is 2. The molecule has 4 rings (SSSR count). The second kappa shape index (κ2) is 19.2. The molecule has 2 aromatic carbocycles. The Bertz CT molecular complexity index is 1850. The summed E-state index contributed by atoms with van der Waals surface area (Å²) in [4.78, 5) is 4.41. The molecule has 0 aliphatic carbocycles. The van der Waals surface area contributed by atoms with E-state index in [0.29, 0.717) is 13.1 Å². The van der Waals surface area contributed by atoms with E-state index >= 15 is 0 Å². The summed E-state index contributed by atoms with van der Waals surface area (Å²) in [5, 5.41) is 1.02. The predicted molar refractivity (Wildman–Crippen MR) is 196 cm³/mol. The van der Waals surface area contributed by atoms with Crippen LogP contribution in [0.5, 0.6) is 0 Å². The average Bonchev–Trinajstić information content (AvgIpc) is 3.05. The Hall–Kier alpha value is -3.87. The molecule has 1 aliphatic heterocycles. The van der Waals surface area contributed by atoms with Gasteiger partial charge in [-0.3, -0.25) is 4.55 Å². The van der Waals surface area contributed by atoms with Crippen LogP contribution in [0.15, 0.2) is 109 Å².